The summed E-state index contributed by atoms with van der Waals surface area (Å²) < 4.78 is 10.8. The van der Waals surface area contributed by atoms with Gasteiger partial charge in [0.2, 0.25) is 0 Å². The van der Waals surface area contributed by atoms with Crippen molar-refractivity contribution >= 4 is 22.8 Å². The Kier molecular flexibility index (Phi) is 4.89. The second-order valence-electron chi connectivity index (χ2n) is 4.29. The number of benzene rings is 1. The zero-order chi connectivity index (χ0) is 14.4. The molecule has 0 bridgehead atoms. The summed E-state index contributed by atoms with van der Waals surface area (Å²) >= 11 is 0. The minimum Gasteiger partial charge on any atom is -0.423 e. The summed E-state index contributed by atoms with van der Waals surface area (Å²) in [6.07, 6.45) is 2.14. The molecule has 1 aromatic carbocycles. The molecule has 1 N–H and O–H groups in total. The van der Waals surface area contributed by atoms with Gasteiger partial charge in [-0.3, -0.25) is 10.1 Å². The number of para-hydroxylation sites is 1. The van der Waals surface area contributed by atoms with Crippen molar-refractivity contribution in [1.82, 2.24) is 4.98 Å². The van der Waals surface area contributed by atoms with Gasteiger partial charge in [0.25, 0.3) is 11.7 Å². The zero-order valence-electron chi connectivity index (χ0n) is 11.3. The number of hydrogen-bond donors (Lipinski definition) is 1. The molecule has 0 amide bonds. The van der Waals surface area contributed by atoms with E-state index in [0.29, 0.717) is 18.7 Å². The van der Waals surface area contributed by atoms with Crippen LogP contribution < -0.4 is 5.32 Å². The summed E-state index contributed by atoms with van der Waals surface area (Å²) in [5.41, 5.74) is 0.596. The van der Waals surface area contributed by atoms with Gasteiger partial charge in [-0.05, 0) is 12.5 Å². The molecule has 0 radical (unpaired) electrons. The van der Waals surface area contributed by atoms with Crippen LogP contribution in [0.25, 0.3) is 11.1 Å². The Labute approximate surface area is 116 Å². The van der Waals surface area contributed by atoms with E-state index in [1.54, 1.807) is 12.1 Å². The van der Waals surface area contributed by atoms with Crippen molar-refractivity contribution in [3.8, 4) is 0 Å². The molecule has 0 unspecified atom stereocenters. The lowest BCUT2D eigenvalue weighted by Crippen LogP contribution is -2.10. The van der Waals surface area contributed by atoms with E-state index in [-0.39, 0.29) is 17.2 Å². The average Bonchev–Trinajstić information content (AvgIpc) is 2.84. The SMILES string of the molecule is CCCCOCCNc1nc2c([N+](=O)[O-])cccc2o1. The molecule has 7 heteroatoms. The Morgan fingerprint density at radius 1 is 1.45 bits per heavy atom. The predicted molar refractivity (Wildman–Crippen MR) is 74.9 cm³/mol. The first kappa shape index (κ1) is 14.3. The highest BCUT2D eigenvalue weighted by atomic mass is 16.6. The van der Waals surface area contributed by atoms with E-state index in [1.807, 2.05) is 0 Å². The van der Waals surface area contributed by atoms with Gasteiger partial charge in [-0.25, -0.2) is 0 Å². The van der Waals surface area contributed by atoms with Gasteiger partial charge >= 0.3 is 0 Å². The van der Waals surface area contributed by atoms with Crippen LogP contribution in [0.5, 0.6) is 0 Å². The van der Waals surface area contributed by atoms with Gasteiger partial charge in [0.15, 0.2) is 11.1 Å². The molecule has 0 aliphatic carbocycles. The summed E-state index contributed by atoms with van der Waals surface area (Å²) in [5.74, 6) is 0. The van der Waals surface area contributed by atoms with E-state index >= 15 is 0 Å². The van der Waals surface area contributed by atoms with Crippen LogP contribution in [-0.2, 0) is 4.74 Å². The number of fused-ring (bicyclic) bond motifs is 1. The largest absolute Gasteiger partial charge is 0.423 e. The first-order valence-electron chi connectivity index (χ1n) is 6.58. The smallest absolute Gasteiger partial charge is 0.298 e. The summed E-state index contributed by atoms with van der Waals surface area (Å²) in [4.78, 5) is 14.5. The minimum absolute atomic E-state index is 0.0569. The lowest BCUT2D eigenvalue weighted by Gasteiger charge is -2.03. The third-order valence-corrected chi connectivity index (χ3v) is 2.76. The monoisotopic (exact) mass is 279 g/mol. The fourth-order valence-electron chi connectivity index (χ4n) is 1.74. The molecule has 0 saturated heterocycles. The lowest BCUT2D eigenvalue weighted by molar-refractivity contribution is -0.383. The standard InChI is InChI=1S/C13H17N3O4/c1-2-3-8-19-9-7-14-13-15-12-10(16(17)18)5-4-6-11(12)20-13/h4-6H,2-3,7-9H2,1H3,(H,14,15). The maximum Gasteiger partial charge on any atom is 0.298 e. The lowest BCUT2D eigenvalue weighted by atomic mass is 10.3. The molecule has 7 nitrogen and oxygen atoms in total. The van der Waals surface area contributed by atoms with E-state index < -0.39 is 4.92 Å². The molecule has 0 aliphatic rings. The van der Waals surface area contributed by atoms with Gasteiger partial charge in [0.05, 0.1) is 11.5 Å². The molecule has 2 rings (SSSR count). The van der Waals surface area contributed by atoms with Crippen LogP contribution in [-0.4, -0.2) is 29.7 Å². The number of aromatic nitrogens is 1. The molecular formula is C13H17N3O4. The van der Waals surface area contributed by atoms with Gasteiger partial charge in [0.1, 0.15) is 0 Å². The van der Waals surface area contributed by atoms with Crippen molar-refractivity contribution in [3.05, 3.63) is 28.3 Å². The number of nitrogens with zero attached hydrogens (tertiary/aromatic N) is 2. The normalized spacial score (nSPS) is 10.8. The van der Waals surface area contributed by atoms with Crippen LogP contribution in [0.2, 0.25) is 0 Å². The van der Waals surface area contributed by atoms with Gasteiger partial charge < -0.3 is 14.5 Å². The van der Waals surface area contributed by atoms with Gasteiger partial charge in [-0.2, -0.15) is 4.98 Å². The third-order valence-electron chi connectivity index (χ3n) is 2.76. The Morgan fingerprint density at radius 2 is 2.30 bits per heavy atom. The Hall–Kier alpha value is -2.15. The number of rotatable bonds is 8. The highest BCUT2D eigenvalue weighted by molar-refractivity contribution is 5.83. The van der Waals surface area contributed by atoms with Gasteiger partial charge in [-0.15, -0.1) is 0 Å². The molecule has 0 fully saturated rings. The molecule has 20 heavy (non-hydrogen) atoms. The van der Waals surface area contributed by atoms with Crippen LogP contribution in [0.15, 0.2) is 22.6 Å². The molecule has 0 atom stereocenters. The van der Waals surface area contributed by atoms with Crippen molar-refractivity contribution in [2.24, 2.45) is 0 Å². The maximum atomic E-state index is 10.9. The Morgan fingerprint density at radius 3 is 3.05 bits per heavy atom. The van der Waals surface area contributed by atoms with Gasteiger partial charge in [-0.1, -0.05) is 19.4 Å². The number of unbranched alkanes of at least 4 members (excludes halogenated alkanes) is 1. The first-order valence-corrected chi connectivity index (χ1v) is 6.58. The number of anilines is 1. The van der Waals surface area contributed by atoms with Crippen LogP contribution in [0, 0.1) is 10.1 Å². The number of ether oxygens (including phenoxy) is 1. The van der Waals surface area contributed by atoms with Crippen molar-refractivity contribution in [1.29, 1.82) is 0 Å². The Bertz CT molecular complexity index is 582. The van der Waals surface area contributed by atoms with E-state index in [9.17, 15) is 10.1 Å². The molecule has 108 valence electrons. The highest BCUT2D eigenvalue weighted by Gasteiger charge is 2.16. The minimum atomic E-state index is -0.470. The molecule has 0 aliphatic heterocycles. The van der Waals surface area contributed by atoms with Crippen molar-refractivity contribution in [3.63, 3.8) is 0 Å². The van der Waals surface area contributed by atoms with Crippen LogP contribution >= 0.6 is 0 Å². The van der Waals surface area contributed by atoms with E-state index in [4.69, 9.17) is 9.15 Å². The second-order valence-corrected chi connectivity index (χ2v) is 4.29. The molecule has 1 aromatic heterocycles. The zero-order valence-corrected chi connectivity index (χ0v) is 11.3. The molecule has 0 saturated carbocycles. The van der Waals surface area contributed by atoms with E-state index in [0.717, 1.165) is 19.4 Å². The van der Waals surface area contributed by atoms with Gasteiger partial charge in [0, 0.05) is 19.2 Å². The van der Waals surface area contributed by atoms with Crippen LogP contribution in [0.4, 0.5) is 11.7 Å². The number of hydrogen-bond acceptors (Lipinski definition) is 6. The predicted octanol–water partition coefficient (Wildman–Crippen LogP) is 2.96. The van der Waals surface area contributed by atoms with Crippen molar-refractivity contribution < 1.29 is 14.1 Å². The summed E-state index contributed by atoms with van der Waals surface area (Å²) in [7, 11) is 0. The first-order chi connectivity index (χ1) is 9.72. The van der Waals surface area contributed by atoms with Crippen LogP contribution in [0.3, 0.4) is 0 Å². The number of nitro groups is 1. The maximum absolute atomic E-state index is 10.9. The quantitative estimate of drug-likeness (QED) is 0.454. The molecule has 1 heterocycles. The molecule has 2 aromatic rings. The fourth-order valence-corrected chi connectivity index (χ4v) is 1.74. The second kappa shape index (κ2) is 6.85. The van der Waals surface area contributed by atoms with Crippen molar-refractivity contribution in [2.75, 3.05) is 25.1 Å². The average molecular weight is 279 g/mol. The van der Waals surface area contributed by atoms with Crippen molar-refractivity contribution in [2.45, 2.75) is 19.8 Å². The topological polar surface area (TPSA) is 90.4 Å². The summed E-state index contributed by atoms with van der Waals surface area (Å²) in [6.45, 7) is 3.93. The molecular weight excluding hydrogens is 262 g/mol. The Balaban J connectivity index is 1.95. The number of oxazole rings is 1. The van der Waals surface area contributed by atoms with E-state index in [2.05, 4.69) is 17.2 Å². The number of nitrogens with one attached hydrogen (secondary N) is 1. The number of nitro benzene ring substituents is 1. The van der Waals surface area contributed by atoms with Crippen LogP contribution in [0.1, 0.15) is 19.8 Å². The highest BCUT2D eigenvalue weighted by Crippen LogP contribution is 2.27. The fraction of sp³-hybridized carbons (Fsp3) is 0.462. The number of non-ortho nitro benzene ring substituents is 1. The third kappa shape index (κ3) is 3.45. The molecule has 0 spiro atoms. The van der Waals surface area contributed by atoms with E-state index in [1.165, 1.54) is 6.07 Å². The summed E-state index contributed by atoms with van der Waals surface area (Å²) in [6, 6.07) is 4.90. The summed E-state index contributed by atoms with van der Waals surface area (Å²) in [5, 5.41) is 13.8.